The molecule has 16 nitrogen and oxygen atoms in total. The molecule has 3 aromatic carbocycles. The van der Waals surface area contributed by atoms with E-state index in [-0.39, 0.29) is 123 Å². The zero-order chi connectivity index (χ0) is 47.9. The first-order valence-electron chi connectivity index (χ1n) is 21.5. The number of imide groups is 1. The Labute approximate surface area is 381 Å². The first-order valence-corrected chi connectivity index (χ1v) is 22.9. The Hall–Kier alpha value is -6.65. The van der Waals surface area contributed by atoms with Crippen LogP contribution in [0.5, 0.6) is 0 Å². The van der Waals surface area contributed by atoms with E-state index < -0.39 is 73.9 Å². The molecule has 0 saturated carbocycles. The van der Waals surface area contributed by atoms with Gasteiger partial charge in [-0.2, -0.15) is 12.7 Å². The molecule has 1 unspecified atom stereocenters. The van der Waals surface area contributed by atoms with Crippen LogP contribution in [-0.2, 0) is 24.6 Å². The predicted octanol–water partition coefficient (Wildman–Crippen LogP) is 5.05. The lowest BCUT2D eigenvalue weighted by Gasteiger charge is -2.41. The maximum Gasteiger partial charge on any atom is 0.301 e. The molecule has 1 atom stereocenters. The minimum atomic E-state index is -4.23. The van der Waals surface area contributed by atoms with Crippen molar-refractivity contribution in [3.8, 4) is 11.1 Å². The highest BCUT2D eigenvalue weighted by Gasteiger charge is 2.38. The van der Waals surface area contributed by atoms with Crippen molar-refractivity contribution in [1.82, 2.24) is 24.5 Å². The number of carbonyl (C=O) groups is 4. The number of hydrogen-bond donors (Lipinski definition) is 5. The number of fused-ring (bicyclic) bond motifs is 1. The molecular formula is C45H46F5N9O7S. The van der Waals surface area contributed by atoms with Gasteiger partial charge in [0.15, 0.2) is 5.82 Å². The molecule has 67 heavy (non-hydrogen) atoms. The second-order valence-corrected chi connectivity index (χ2v) is 18.6. The number of benzene rings is 3. The van der Waals surface area contributed by atoms with Gasteiger partial charge in [0.25, 0.3) is 0 Å². The average molecular weight is 952 g/mol. The molecule has 5 heterocycles. The SMILES string of the molecule is CCN(C)S(=O)(=O)Nc1ccc(F)c(C(=O)c2c[nH]c3ncc(-c4cc(F)c(N5CCN(C(=O)CC6(O)CCN(c7ccc(NC8CCC(=O)NC8=O)cc7F)CC6)CC5)cc4F)cc23)c1F. The molecule has 5 N–H and O–H groups in total. The standard InChI is InChI=1S/C45H46F5N9O7S/c1-3-56(2)67(65,66)55-34-6-5-30(46)40(41(34)50)42(62)29-24-52-43-28(29)18-25(23-51-43)27-20-33(49)37(21-31(27)47)58-14-16-59(17-15-58)39(61)22-45(64)10-12-57(13-11-45)36-8-4-26(19-32(36)48)53-35-7-9-38(60)54-44(35)63/h4-6,8,18-21,23-24,35,53,55,64H,3,7,9-17,22H2,1-2H3,(H,51,52)(H,54,60,63). The van der Waals surface area contributed by atoms with Crippen LogP contribution in [0.1, 0.15) is 54.9 Å². The number of aromatic amines is 1. The minimum Gasteiger partial charge on any atom is -0.389 e. The van der Waals surface area contributed by atoms with Crippen LogP contribution >= 0.6 is 0 Å². The van der Waals surface area contributed by atoms with Crippen LogP contribution in [-0.4, -0.2) is 121 Å². The first-order chi connectivity index (χ1) is 31.8. The molecule has 354 valence electrons. The molecule has 3 fully saturated rings. The van der Waals surface area contributed by atoms with Crippen LogP contribution in [0.4, 0.5) is 44.7 Å². The lowest BCUT2D eigenvalue weighted by atomic mass is 9.87. The number of ketones is 1. The summed E-state index contributed by atoms with van der Waals surface area (Å²) < 4.78 is 106. The van der Waals surface area contributed by atoms with Gasteiger partial charge in [-0.1, -0.05) is 6.92 Å². The number of H-pyrrole nitrogens is 1. The van der Waals surface area contributed by atoms with Gasteiger partial charge in [-0.3, -0.25) is 29.2 Å². The third-order valence-corrected chi connectivity index (χ3v) is 14.1. The number of hydrogen-bond acceptors (Lipinski definition) is 11. The molecule has 0 aliphatic carbocycles. The van der Waals surface area contributed by atoms with E-state index in [9.17, 15) is 32.7 Å². The van der Waals surface area contributed by atoms with Gasteiger partial charge >= 0.3 is 10.2 Å². The molecule has 0 spiro atoms. The average Bonchev–Trinajstić information content (AvgIpc) is 3.72. The molecule has 0 radical (unpaired) electrons. The number of rotatable bonds is 13. The Kier molecular flexibility index (Phi) is 13.0. The lowest BCUT2D eigenvalue weighted by molar-refractivity contribution is -0.138. The third-order valence-electron chi connectivity index (χ3n) is 12.6. The van der Waals surface area contributed by atoms with E-state index >= 15 is 22.0 Å². The molecule has 5 aromatic rings. The minimum absolute atomic E-state index is 0.0275. The quantitative estimate of drug-likeness (QED) is 0.0601. The number of piperazine rings is 1. The summed E-state index contributed by atoms with van der Waals surface area (Å²) in [5.41, 5.74) is -2.81. The first kappa shape index (κ1) is 46.9. The van der Waals surface area contributed by atoms with Crippen LogP contribution in [0, 0.1) is 29.1 Å². The maximum absolute atomic E-state index is 15.9. The van der Waals surface area contributed by atoms with E-state index in [1.54, 1.807) is 33.8 Å². The van der Waals surface area contributed by atoms with E-state index in [0.29, 0.717) is 11.4 Å². The van der Waals surface area contributed by atoms with Gasteiger partial charge in [0.1, 0.15) is 35.0 Å². The Morgan fingerprint density at radius 3 is 2.28 bits per heavy atom. The monoisotopic (exact) mass is 951 g/mol. The molecule has 3 amide bonds. The Morgan fingerprint density at radius 1 is 0.896 bits per heavy atom. The number of pyridine rings is 1. The largest absolute Gasteiger partial charge is 0.389 e. The number of carbonyl (C=O) groups excluding carboxylic acids is 4. The zero-order valence-corrected chi connectivity index (χ0v) is 37.1. The number of amides is 3. The molecule has 0 bridgehead atoms. The molecule has 2 aromatic heterocycles. The van der Waals surface area contributed by atoms with Crippen molar-refractivity contribution in [2.24, 2.45) is 0 Å². The number of nitrogens with one attached hydrogen (secondary N) is 4. The van der Waals surface area contributed by atoms with Gasteiger partial charge in [0, 0.05) is 106 Å². The van der Waals surface area contributed by atoms with Crippen LogP contribution < -0.4 is 25.2 Å². The van der Waals surface area contributed by atoms with Crippen LogP contribution in [0.3, 0.4) is 0 Å². The van der Waals surface area contributed by atoms with Crippen molar-refractivity contribution >= 4 is 67.5 Å². The summed E-state index contributed by atoms with van der Waals surface area (Å²) in [4.78, 5) is 62.5. The highest BCUT2D eigenvalue weighted by Crippen LogP contribution is 2.35. The number of aromatic nitrogens is 2. The predicted molar refractivity (Wildman–Crippen MR) is 238 cm³/mol. The summed E-state index contributed by atoms with van der Waals surface area (Å²) in [5, 5.41) is 16.6. The summed E-state index contributed by atoms with van der Waals surface area (Å²) in [6.07, 6.45) is 3.03. The zero-order valence-electron chi connectivity index (χ0n) is 36.3. The molecule has 3 saturated heterocycles. The fourth-order valence-corrected chi connectivity index (χ4v) is 9.45. The lowest BCUT2D eigenvalue weighted by Crippen LogP contribution is -2.52. The summed E-state index contributed by atoms with van der Waals surface area (Å²) >= 11 is 0. The number of halogens is 5. The maximum atomic E-state index is 15.9. The van der Waals surface area contributed by atoms with Crippen molar-refractivity contribution in [3.63, 3.8) is 0 Å². The second kappa shape index (κ2) is 18.6. The van der Waals surface area contributed by atoms with E-state index in [0.717, 1.165) is 34.8 Å². The summed E-state index contributed by atoms with van der Waals surface area (Å²) in [6.45, 7) is 2.73. The summed E-state index contributed by atoms with van der Waals surface area (Å²) in [6, 6.07) is 8.67. The van der Waals surface area contributed by atoms with Gasteiger partial charge in [-0.15, -0.1) is 0 Å². The Bertz CT molecular complexity index is 2900. The van der Waals surface area contributed by atoms with Crippen molar-refractivity contribution in [2.45, 2.75) is 50.7 Å². The van der Waals surface area contributed by atoms with Gasteiger partial charge in [-0.25, -0.2) is 26.9 Å². The van der Waals surface area contributed by atoms with Crippen LogP contribution in [0.25, 0.3) is 22.2 Å². The second-order valence-electron chi connectivity index (χ2n) is 16.8. The molecule has 3 aliphatic rings. The number of nitrogens with zero attached hydrogens (tertiary/aromatic N) is 5. The van der Waals surface area contributed by atoms with Crippen molar-refractivity contribution < 1.29 is 54.7 Å². The van der Waals surface area contributed by atoms with Crippen molar-refractivity contribution in [2.75, 3.05) is 72.7 Å². The highest BCUT2D eigenvalue weighted by atomic mass is 32.2. The van der Waals surface area contributed by atoms with Crippen molar-refractivity contribution in [3.05, 3.63) is 101 Å². The molecule has 22 heteroatoms. The highest BCUT2D eigenvalue weighted by molar-refractivity contribution is 7.90. The third kappa shape index (κ3) is 9.63. The number of anilines is 4. The molecule has 3 aliphatic heterocycles. The van der Waals surface area contributed by atoms with Gasteiger partial charge in [-0.05, 0) is 61.7 Å². The van der Waals surface area contributed by atoms with E-state index in [2.05, 4.69) is 20.6 Å². The fourth-order valence-electron chi connectivity index (χ4n) is 8.52. The number of piperidine rings is 2. The van der Waals surface area contributed by atoms with E-state index in [1.165, 1.54) is 25.4 Å². The fraction of sp³-hybridized carbons (Fsp3) is 0.356. The van der Waals surface area contributed by atoms with E-state index in [1.807, 2.05) is 4.72 Å². The van der Waals surface area contributed by atoms with Gasteiger partial charge < -0.3 is 30.1 Å². The molecule has 8 rings (SSSR count). The summed E-state index contributed by atoms with van der Waals surface area (Å²) in [5.74, 6) is -7.21. The van der Waals surface area contributed by atoms with Gasteiger partial charge in [0.05, 0.1) is 34.6 Å². The van der Waals surface area contributed by atoms with Gasteiger partial charge in [0.2, 0.25) is 23.5 Å². The van der Waals surface area contributed by atoms with Crippen LogP contribution in [0.15, 0.2) is 60.9 Å². The van der Waals surface area contributed by atoms with Crippen LogP contribution in [0.2, 0.25) is 0 Å². The molecular weight excluding hydrogens is 906 g/mol. The Balaban J connectivity index is 0.884. The number of aliphatic hydroxyl groups is 1. The van der Waals surface area contributed by atoms with E-state index in [4.69, 9.17) is 0 Å². The van der Waals surface area contributed by atoms with Crippen molar-refractivity contribution in [1.29, 1.82) is 0 Å². The smallest absolute Gasteiger partial charge is 0.301 e. The summed E-state index contributed by atoms with van der Waals surface area (Å²) in [7, 11) is -2.99. The Morgan fingerprint density at radius 2 is 1.60 bits per heavy atom. The topological polar surface area (TPSA) is 200 Å². The normalized spacial score (nSPS) is 17.8.